The lowest BCUT2D eigenvalue weighted by Gasteiger charge is -2.20. The molecule has 1 aliphatic rings. The fourth-order valence-corrected chi connectivity index (χ4v) is 3.66. The molecule has 2 amide bonds. The van der Waals surface area contributed by atoms with Gasteiger partial charge in [0, 0.05) is 24.4 Å². The van der Waals surface area contributed by atoms with E-state index in [-0.39, 0.29) is 6.03 Å². The number of thiophene rings is 1. The van der Waals surface area contributed by atoms with Gasteiger partial charge in [-0.25, -0.2) is 9.78 Å². The minimum Gasteiger partial charge on any atom is -0.301 e. The van der Waals surface area contributed by atoms with Crippen molar-refractivity contribution in [3.63, 3.8) is 0 Å². The molecule has 3 heterocycles. The first-order valence-electron chi connectivity index (χ1n) is 5.99. The Morgan fingerprint density at radius 3 is 3.16 bits per heavy atom. The second-order valence-corrected chi connectivity index (χ2v) is 6.46. The van der Waals surface area contributed by atoms with Gasteiger partial charge in [0.2, 0.25) is 0 Å². The van der Waals surface area contributed by atoms with Gasteiger partial charge >= 0.3 is 6.03 Å². The zero-order chi connectivity index (χ0) is 13.2. The number of hydrogen-bond donors (Lipinski definition) is 2. The van der Waals surface area contributed by atoms with Gasteiger partial charge in [-0.15, -0.1) is 22.7 Å². The molecule has 0 saturated heterocycles. The molecule has 0 aromatic carbocycles. The van der Waals surface area contributed by atoms with Crippen molar-refractivity contribution in [3.8, 4) is 0 Å². The number of nitrogens with one attached hydrogen (secondary N) is 2. The molecule has 3 rings (SSSR count). The van der Waals surface area contributed by atoms with Gasteiger partial charge in [0.15, 0.2) is 5.13 Å². The van der Waals surface area contributed by atoms with Crippen molar-refractivity contribution in [2.45, 2.75) is 13.0 Å². The normalized spacial score (nSPS) is 15.0. The Hall–Kier alpha value is -1.44. The molecule has 0 spiro atoms. The highest BCUT2D eigenvalue weighted by atomic mass is 32.1. The summed E-state index contributed by atoms with van der Waals surface area (Å²) in [6.45, 7) is 1.94. The van der Waals surface area contributed by atoms with Gasteiger partial charge in [0.05, 0.1) is 10.7 Å². The molecule has 0 bridgehead atoms. The summed E-state index contributed by atoms with van der Waals surface area (Å²) in [4.78, 5) is 19.8. The summed E-state index contributed by atoms with van der Waals surface area (Å²) in [6.07, 6.45) is 0.955. The third-order valence-electron chi connectivity index (χ3n) is 2.90. The minimum atomic E-state index is -0.234. The number of rotatable bonds is 2. The van der Waals surface area contributed by atoms with E-state index in [1.807, 2.05) is 17.5 Å². The highest BCUT2D eigenvalue weighted by Crippen LogP contribution is 2.27. The van der Waals surface area contributed by atoms with E-state index in [9.17, 15) is 4.79 Å². The molecule has 0 atom stereocenters. The van der Waals surface area contributed by atoms with Gasteiger partial charge in [0.25, 0.3) is 0 Å². The second-order valence-electron chi connectivity index (χ2n) is 4.43. The van der Waals surface area contributed by atoms with Gasteiger partial charge in [-0.2, -0.15) is 0 Å². The Bertz CT molecular complexity index is 579. The SMILES string of the molecule is CN1CCc2nc(NC(=O)Nc3cccs3)sc2C1. The van der Waals surface area contributed by atoms with Crippen LogP contribution in [-0.2, 0) is 13.0 Å². The Morgan fingerprint density at radius 1 is 1.47 bits per heavy atom. The number of fused-ring (bicyclic) bond motifs is 1. The molecular formula is C12H14N4OS2. The minimum absolute atomic E-state index is 0.234. The van der Waals surface area contributed by atoms with Crippen LogP contribution in [0.3, 0.4) is 0 Å². The van der Waals surface area contributed by atoms with Crippen molar-refractivity contribution in [1.82, 2.24) is 9.88 Å². The number of carbonyl (C=O) groups is 1. The summed E-state index contributed by atoms with van der Waals surface area (Å²) in [5.41, 5.74) is 1.12. The summed E-state index contributed by atoms with van der Waals surface area (Å²) >= 11 is 3.05. The molecular weight excluding hydrogens is 280 g/mol. The molecule has 5 nitrogen and oxygen atoms in total. The number of thiazole rings is 1. The molecule has 2 N–H and O–H groups in total. The van der Waals surface area contributed by atoms with E-state index in [4.69, 9.17) is 0 Å². The molecule has 7 heteroatoms. The predicted octanol–water partition coefficient (Wildman–Crippen LogP) is 2.84. The molecule has 2 aromatic rings. The van der Waals surface area contributed by atoms with Crippen LogP contribution in [0, 0.1) is 0 Å². The van der Waals surface area contributed by atoms with Crippen molar-refractivity contribution in [2.75, 3.05) is 24.2 Å². The van der Waals surface area contributed by atoms with E-state index in [2.05, 4.69) is 27.6 Å². The number of carbonyl (C=O) groups excluding carboxylic acids is 1. The van der Waals surface area contributed by atoms with Crippen LogP contribution in [0.15, 0.2) is 17.5 Å². The molecule has 2 aromatic heterocycles. The Balaban J connectivity index is 1.65. The third-order valence-corrected chi connectivity index (χ3v) is 4.68. The fraction of sp³-hybridized carbons (Fsp3) is 0.333. The van der Waals surface area contributed by atoms with Crippen molar-refractivity contribution in [1.29, 1.82) is 0 Å². The highest BCUT2D eigenvalue weighted by molar-refractivity contribution is 7.16. The van der Waals surface area contributed by atoms with E-state index in [0.717, 1.165) is 30.2 Å². The van der Waals surface area contributed by atoms with E-state index in [1.165, 1.54) is 16.2 Å². The van der Waals surface area contributed by atoms with E-state index in [1.54, 1.807) is 11.3 Å². The van der Waals surface area contributed by atoms with Crippen LogP contribution in [0.4, 0.5) is 14.9 Å². The van der Waals surface area contributed by atoms with Crippen molar-refractivity contribution >= 4 is 38.8 Å². The average Bonchev–Trinajstić information content (AvgIpc) is 2.97. The fourth-order valence-electron chi connectivity index (χ4n) is 1.97. The maximum atomic E-state index is 11.8. The Labute approximate surface area is 119 Å². The number of amides is 2. The maximum absolute atomic E-state index is 11.8. The van der Waals surface area contributed by atoms with Crippen LogP contribution in [-0.4, -0.2) is 29.5 Å². The van der Waals surface area contributed by atoms with Crippen LogP contribution < -0.4 is 10.6 Å². The first-order chi connectivity index (χ1) is 9.20. The summed E-state index contributed by atoms with van der Waals surface area (Å²) in [5, 5.41) is 9.01. The van der Waals surface area contributed by atoms with Crippen molar-refractivity contribution < 1.29 is 4.79 Å². The van der Waals surface area contributed by atoms with Gasteiger partial charge in [-0.3, -0.25) is 10.6 Å². The zero-order valence-corrected chi connectivity index (χ0v) is 12.1. The monoisotopic (exact) mass is 294 g/mol. The summed E-state index contributed by atoms with van der Waals surface area (Å²) in [5.74, 6) is 0. The van der Waals surface area contributed by atoms with Gasteiger partial charge in [-0.1, -0.05) is 0 Å². The summed E-state index contributed by atoms with van der Waals surface area (Å²) < 4.78 is 0. The van der Waals surface area contributed by atoms with Gasteiger partial charge in [0.1, 0.15) is 0 Å². The van der Waals surface area contributed by atoms with Crippen LogP contribution in [0.5, 0.6) is 0 Å². The lowest BCUT2D eigenvalue weighted by atomic mass is 10.2. The third kappa shape index (κ3) is 2.94. The lowest BCUT2D eigenvalue weighted by molar-refractivity contribution is 0.262. The van der Waals surface area contributed by atoms with Gasteiger partial charge < -0.3 is 4.90 Å². The number of nitrogens with zero attached hydrogens (tertiary/aromatic N) is 2. The van der Waals surface area contributed by atoms with Crippen molar-refractivity contribution in [3.05, 3.63) is 28.1 Å². The van der Waals surface area contributed by atoms with Crippen LogP contribution in [0.1, 0.15) is 10.6 Å². The Kier molecular flexibility index (Phi) is 3.50. The first-order valence-corrected chi connectivity index (χ1v) is 7.69. The topological polar surface area (TPSA) is 57.3 Å². The highest BCUT2D eigenvalue weighted by Gasteiger charge is 2.19. The number of urea groups is 1. The largest absolute Gasteiger partial charge is 0.326 e. The maximum Gasteiger partial charge on any atom is 0.326 e. The molecule has 1 aliphatic heterocycles. The Morgan fingerprint density at radius 2 is 2.37 bits per heavy atom. The van der Waals surface area contributed by atoms with E-state index in [0.29, 0.717) is 5.13 Å². The summed E-state index contributed by atoms with van der Waals surface area (Å²) in [6, 6.07) is 3.53. The lowest BCUT2D eigenvalue weighted by Crippen LogP contribution is -2.25. The van der Waals surface area contributed by atoms with Crippen LogP contribution in [0.25, 0.3) is 0 Å². The standard InChI is InChI=1S/C12H14N4OS2/c1-16-5-4-8-9(7-16)19-12(13-8)15-11(17)14-10-3-2-6-18-10/h2-3,6H,4-5,7H2,1H3,(H2,13,14,15,17). The van der Waals surface area contributed by atoms with Crippen LogP contribution in [0.2, 0.25) is 0 Å². The smallest absolute Gasteiger partial charge is 0.301 e. The van der Waals surface area contributed by atoms with Gasteiger partial charge in [-0.05, 0) is 24.6 Å². The molecule has 19 heavy (non-hydrogen) atoms. The number of aromatic nitrogens is 1. The number of anilines is 2. The van der Waals surface area contributed by atoms with E-state index < -0.39 is 0 Å². The zero-order valence-electron chi connectivity index (χ0n) is 10.5. The number of hydrogen-bond acceptors (Lipinski definition) is 5. The summed E-state index contributed by atoms with van der Waals surface area (Å²) in [7, 11) is 2.10. The average molecular weight is 294 g/mol. The quantitative estimate of drug-likeness (QED) is 0.895. The first kappa shape index (κ1) is 12.6. The van der Waals surface area contributed by atoms with Crippen molar-refractivity contribution in [2.24, 2.45) is 0 Å². The molecule has 0 aliphatic carbocycles. The van der Waals surface area contributed by atoms with Crippen LogP contribution >= 0.6 is 22.7 Å². The van der Waals surface area contributed by atoms with E-state index >= 15 is 0 Å². The molecule has 0 saturated carbocycles. The molecule has 100 valence electrons. The molecule has 0 radical (unpaired) electrons. The predicted molar refractivity (Wildman–Crippen MR) is 79.1 cm³/mol. The number of likely N-dealkylation sites (N-methyl/N-ethyl adjacent to an activating group) is 1. The second kappa shape index (κ2) is 5.28. The molecule has 0 fully saturated rings. The molecule has 0 unspecified atom stereocenters.